The van der Waals surface area contributed by atoms with E-state index in [9.17, 15) is 0 Å². The van der Waals surface area contributed by atoms with Gasteiger partial charge in [-0.05, 0) is 31.4 Å². The van der Waals surface area contributed by atoms with Crippen LogP contribution in [0.5, 0.6) is 0 Å². The highest BCUT2D eigenvalue weighted by Crippen LogP contribution is 2.12. The van der Waals surface area contributed by atoms with Crippen molar-refractivity contribution in [1.82, 2.24) is 9.97 Å². The van der Waals surface area contributed by atoms with E-state index in [0.29, 0.717) is 0 Å². The molecule has 4 heteroatoms. The Balaban J connectivity index is 2.07. The summed E-state index contributed by atoms with van der Waals surface area (Å²) in [6, 6.07) is 10.5. The summed E-state index contributed by atoms with van der Waals surface area (Å²) in [5.74, 6) is 0.768. The van der Waals surface area contributed by atoms with Gasteiger partial charge in [-0.1, -0.05) is 30.3 Å². The SMILES string of the molecule is CCN(Cc1ccccc1)c1ncc(CC(C)N)cn1. The maximum Gasteiger partial charge on any atom is 0.225 e. The third-order valence-corrected chi connectivity index (χ3v) is 3.13. The molecule has 0 radical (unpaired) electrons. The quantitative estimate of drug-likeness (QED) is 0.875. The average Bonchev–Trinajstić information content (AvgIpc) is 2.46. The minimum absolute atomic E-state index is 0.135. The molecule has 2 rings (SSSR count). The van der Waals surface area contributed by atoms with E-state index in [1.54, 1.807) is 0 Å². The van der Waals surface area contributed by atoms with E-state index < -0.39 is 0 Å². The highest BCUT2D eigenvalue weighted by atomic mass is 15.2. The van der Waals surface area contributed by atoms with Crippen molar-refractivity contribution in [2.75, 3.05) is 11.4 Å². The maximum atomic E-state index is 5.78. The molecule has 1 unspecified atom stereocenters. The number of benzene rings is 1. The Kier molecular flexibility index (Phi) is 5.07. The number of aromatic nitrogens is 2. The first kappa shape index (κ1) is 14.5. The van der Waals surface area contributed by atoms with Crippen molar-refractivity contribution in [3.63, 3.8) is 0 Å². The van der Waals surface area contributed by atoms with Crippen LogP contribution in [-0.4, -0.2) is 22.6 Å². The second kappa shape index (κ2) is 7.01. The lowest BCUT2D eigenvalue weighted by Gasteiger charge is -2.21. The van der Waals surface area contributed by atoms with Gasteiger partial charge in [0.1, 0.15) is 0 Å². The van der Waals surface area contributed by atoms with Crippen molar-refractivity contribution < 1.29 is 0 Å². The van der Waals surface area contributed by atoms with E-state index in [2.05, 4.69) is 46.1 Å². The van der Waals surface area contributed by atoms with Crippen LogP contribution in [0.25, 0.3) is 0 Å². The molecule has 0 aliphatic rings. The highest BCUT2D eigenvalue weighted by Gasteiger charge is 2.08. The summed E-state index contributed by atoms with van der Waals surface area (Å²) in [4.78, 5) is 11.1. The fourth-order valence-electron chi connectivity index (χ4n) is 2.12. The molecular formula is C16H22N4. The Bertz CT molecular complexity index is 508. The van der Waals surface area contributed by atoms with Crippen molar-refractivity contribution in [3.05, 3.63) is 53.9 Å². The van der Waals surface area contributed by atoms with Crippen molar-refractivity contribution in [2.24, 2.45) is 5.73 Å². The molecule has 20 heavy (non-hydrogen) atoms. The van der Waals surface area contributed by atoms with Gasteiger partial charge in [-0.25, -0.2) is 9.97 Å². The van der Waals surface area contributed by atoms with Crippen LogP contribution in [0.3, 0.4) is 0 Å². The second-order valence-electron chi connectivity index (χ2n) is 5.07. The summed E-state index contributed by atoms with van der Waals surface area (Å²) >= 11 is 0. The van der Waals surface area contributed by atoms with Gasteiger partial charge in [0.15, 0.2) is 0 Å². The molecule has 0 spiro atoms. The molecule has 0 bridgehead atoms. The monoisotopic (exact) mass is 270 g/mol. The number of nitrogens with zero attached hydrogens (tertiary/aromatic N) is 3. The molecule has 2 N–H and O–H groups in total. The van der Waals surface area contributed by atoms with Crippen molar-refractivity contribution in [3.8, 4) is 0 Å². The van der Waals surface area contributed by atoms with Gasteiger partial charge in [-0.15, -0.1) is 0 Å². The minimum atomic E-state index is 0.135. The van der Waals surface area contributed by atoms with Crippen LogP contribution in [0.1, 0.15) is 25.0 Å². The molecule has 0 amide bonds. The zero-order valence-electron chi connectivity index (χ0n) is 12.2. The van der Waals surface area contributed by atoms with Gasteiger partial charge in [0.05, 0.1) is 0 Å². The summed E-state index contributed by atoms with van der Waals surface area (Å²) in [7, 11) is 0. The van der Waals surface area contributed by atoms with E-state index in [1.165, 1.54) is 5.56 Å². The summed E-state index contributed by atoms with van der Waals surface area (Å²) in [5, 5.41) is 0. The molecule has 0 saturated heterocycles. The lowest BCUT2D eigenvalue weighted by molar-refractivity contribution is 0.727. The van der Waals surface area contributed by atoms with Crippen molar-refractivity contribution >= 4 is 5.95 Å². The van der Waals surface area contributed by atoms with E-state index in [4.69, 9.17) is 5.73 Å². The van der Waals surface area contributed by atoms with E-state index >= 15 is 0 Å². The van der Waals surface area contributed by atoms with Crippen LogP contribution < -0.4 is 10.6 Å². The Hall–Kier alpha value is -1.94. The number of nitrogens with two attached hydrogens (primary N) is 1. The molecule has 0 fully saturated rings. The lowest BCUT2D eigenvalue weighted by Crippen LogP contribution is -2.24. The van der Waals surface area contributed by atoms with E-state index in [-0.39, 0.29) is 6.04 Å². The molecule has 1 atom stereocenters. The molecule has 1 aromatic heterocycles. The van der Waals surface area contributed by atoms with Crippen LogP contribution in [0.15, 0.2) is 42.7 Å². The van der Waals surface area contributed by atoms with Crippen LogP contribution >= 0.6 is 0 Å². The zero-order valence-corrected chi connectivity index (χ0v) is 12.2. The van der Waals surface area contributed by atoms with Crippen molar-refractivity contribution in [2.45, 2.75) is 32.9 Å². The van der Waals surface area contributed by atoms with E-state index in [1.807, 2.05) is 25.4 Å². The van der Waals surface area contributed by atoms with Gasteiger partial charge < -0.3 is 10.6 Å². The molecule has 2 aromatic rings. The molecule has 0 aliphatic heterocycles. The Morgan fingerprint density at radius 1 is 1.10 bits per heavy atom. The standard InChI is InChI=1S/C16H22N4/c1-3-20(12-14-7-5-4-6-8-14)16-18-10-15(11-19-16)9-13(2)17/h4-8,10-11,13H,3,9,12,17H2,1-2H3. The molecule has 0 saturated carbocycles. The molecule has 1 aromatic carbocycles. The molecular weight excluding hydrogens is 248 g/mol. The number of anilines is 1. The predicted octanol–water partition coefficient (Wildman–Crippen LogP) is 2.39. The highest BCUT2D eigenvalue weighted by molar-refractivity contribution is 5.32. The number of hydrogen-bond donors (Lipinski definition) is 1. The summed E-state index contributed by atoms with van der Waals surface area (Å²) in [6.07, 6.45) is 4.56. The third kappa shape index (κ3) is 4.03. The lowest BCUT2D eigenvalue weighted by atomic mass is 10.1. The van der Waals surface area contributed by atoms with Gasteiger partial charge in [0, 0.05) is 31.5 Å². The first-order valence-electron chi connectivity index (χ1n) is 7.04. The van der Waals surface area contributed by atoms with Gasteiger partial charge in [0.2, 0.25) is 5.95 Å². The largest absolute Gasteiger partial charge is 0.337 e. The first-order chi connectivity index (χ1) is 9.69. The van der Waals surface area contributed by atoms with Gasteiger partial charge in [-0.2, -0.15) is 0 Å². The maximum absolute atomic E-state index is 5.78. The van der Waals surface area contributed by atoms with Crippen LogP contribution in [-0.2, 0) is 13.0 Å². The van der Waals surface area contributed by atoms with Gasteiger partial charge >= 0.3 is 0 Å². The Morgan fingerprint density at radius 2 is 1.75 bits per heavy atom. The fraction of sp³-hybridized carbons (Fsp3) is 0.375. The van der Waals surface area contributed by atoms with Crippen LogP contribution in [0.2, 0.25) is 0 Å². The Morgan fingerprint density at radius 3 is 2.30 bits per heavy atom. The molecule has 1 heterocycles. The molecule has 106 valence electrons. The zero-order chi connectivity index (χ0) is 14.4. The van der Waals surface area contributed by atoms with Gasteiger partial charge in [-0.3, -0.25) is 0 Å². The Labute approximate surface area is 120 Å². The minimum Gasteiger partial charge on any atom is -0.337 e. The fourth-order valence-corrected chi connectivity index (χ4v) is 2.12. The van der Waals surface area contributed by atoms with Gasteiger partial charge in [0.25, 0.3) is 0 Å². The molecule has 4 nitrogen and oxygen atoms in total. The molecule has 0 aliphatic carbocycles. The smallest absolute Gasteiger partial charge is 0.225 e. The van der Waals surface area contributed by atoms with E-state index in [0.717, 1.165) is 31.0 Å². The van der Waals surface area contributed by atoms with Crippen LogP contribution in [0.4, 0.5) is 5.95 Å². The summed E-state index contributed by atoms with van der Waals surface area (Å²) < 4.78 is 0. The predicted molar refractivity (Wildman–Crippen MR) is 82.6 cm³/mol. The average molecular weight is 270 g/mol. The first-order valence-corrected chi connectivity index (χ1v) is 7.04. The summed E-state index contributed by atoms with van der Waals surface area (Å²) in [6.45, 7) is 5.80. The van der Waals surface area contributed by atoms with Crippen LogP contribution in [0, 0.1) is 0 Å². The number of hydrogen-bond acceptors (Lipinski definition) is 4. The second-order valence-corrected chi connectivity index (χ2v) is 5.07. The topological polar surface area (TPSA) is 55.0 Å². The normalized spacial score (nSPS) is 12.2. The summed E-state index contributed by atoms with van der Waals surface area (Å²) in [5.41, 5.74) is 8.13. The van der Waals surface area contributed by atoms with Crippen molar-refractivity contribution in [1.29, 1.82) is 0 Å². The number of rotatable bonds is 6. The third-order valence-electron chi connectivity index (χ3n) is 3.13.